The zero-order valence-electron chi connectivity index (χ0n) is 10.8. The van der Waals surface area contributed by atoms with Crippen LogP contribution in [0.2, 0.25) is 0 Å². The van der Waals surface area contributed by atoms with Crippen LogP contribution in [-0.2, 0) is 4.74 Å². The summed E-state index contributed by atoms with van der Waals surface area (Å²) < 4.78 is 5.38. The lowest BCUT2D eigenvalue weighted by Gasteiger charge is -2.23. The number of nitrogens with two attached hydrogens (primary N) is 1. The summed E-state index contributed by atoms with van der Waals surface area (Å²) in [7, 11) is 0. The van der Waals surface area contributed by atoms with Gasteiger partial charge in [0.25, 0.3) is 0 Å². The van der Waals surface area contributed by atoms with Gasteiger partial charge in [0.05, 0.1) is 0 Å². The molecular formula is C13H18N2O2S2. The van der Waals surface area contributed by atoms with Crippen molar-refractivity contribution in [3.63, 3.8) is 0 Å². The summed E-state index contributed by atoms with van der Waals surface area (Å²) in [5, 5.41) is 12.7. The first kappa shape index (κ1) is 14.6. The first-order valence-electron chi connectivity index (χ1n) is 6.15. The minimum Gasteiger partial charge on any atom is -0.409 e. The molecule has 0 amide bonds. The standard InChI is InChI=1S/C13H18N2O2S2/c1-18-10-3-2-4-11(12(10)13(14)15-16)19-9-5-7-17-8-6-9/h2-4,9,16H,5-8H2,1H3,(H2,14,15). The van der Waals surface area contributed by atoms with Crippen LogP contribution >= 0.6 is 23.5 Å². The van der Waals surface area contributed by atoms with Crippen molar-refractivity contribution in [1.29, 1.82) is 0 Å². The molecule has 104 valence electrons. The summed E-state index contributed by atoms with van der Waals surface area (Å²) in [5.74, 6) is 0.180. The number of amidine groups is 1. The predicted molar refractivity (Wildman–Crippen MR) is 80.4 cm³/mol. The highest BCUT2D eigenvalue weighted by Gasteiger charge is 2.19. The van der Waals surface area contributed by atoms with E-state index < -0.39 is 0 Å². The van der Waals surface area contributed by atoms with E-state index in [-0.39, 0.29) is 5.84 Å². The van der Waals surface area contributed by atoms with Gasteiger partial charge in [0, 0.05) is 33.8 Å². The van der Waals surface area contributed by atoms with Crippen LogP contribution in [0.4, 0.5) is 0 Å². The second-order valence-corrected chi connectivity index (χ2v) is 6.44. The average molecular weight is 298 g/mol. The Hall–Kier alpha value is -0.850. The van der Waals surface area contributed by atoms with Gasteiger partial charge < -0.3 is 15.7 Å². The molecule has 4 nitrogen and oxygen atoms in total. The predicted octanol–water partition coefficient (Wildman–Crippen LogP) is 2.77. The molecule has 6 heteroatoms. The van der Waals surface area contributed by atoms with Crippen LogP contribution < -0.4 is 5.73 Å². The van der Waals surface area contributed by atoms with Gasteiger partial charge in [0.1, 0.15) is 0 Å². The largest absolute Gasteiger partial charge is 0.409 e. The quantitative estimate of drug-likeness (QED) is 0.294. The van der Waals surface area contributed by atoms with Crippen molar-refractivity contribution in [3.8, 4) is 0 Å². The molecule has 0 aromatic heterocycles. The van der Waals surface area contributed by atoms with Crippen LogP contribution in [0.25, 0.3) is 0 Å². The summed E-state index contributed by atoms with van der Waals surface area (Å²) in [4.78, 5) is 2.11. The van der Waals surface area contributed by atoms with Crippen LogP contribution in [0.3, 0.4) is 0 Å². The van der Waals surface area contributed by atoms with Crippen LogP contribution in [0.5, 0.6) is 0 Å². The Morgan fingerprint density at radius 2 is 2.05 bits per heavy atom. The van der Waals surface area contributed by atoms with Gasteiger partial charge in [-0.15, -0.1) is 23.5 Å². The number of thioether (sulfide) groups is 2. The maximum Gasteiger partial charge on any atom is 0.172 e. The summed E-state index contributed by atoms with van der Waals surface area (Å²) in [6.45, 7) is 1.64. The van der Waals surface area contributed by atoms with Crippen molar-refractivity contribution in [3.05, 3.63) is 23.8 Å². The fraction of sp³-hybridized carbons (Fsp3) is 0.462. The lowest BCUT2D eigenvalue weighted by atomic mass is 10.2. The van der Waals surface area contributed by atoms with Gasteiger partial charge in [0.15, 0.2) is 5.84 Å². The van der Waals surface area contributed by atoms with Gasteiger partial charge in [-0.2, -0.15) is 0 Å². The van der Waals surface area contributed by atoms with Crippen LogP contribution in [0.15, 0.2) is 33.1 Å². The Labute approximate surface area is 121 Å². The Bertz CT molecular complexity index is 460. The minimum atomic E-state index is 0.180. The second kappa shape index (κ2) is 7.07. The molecule has 1 fully saturated rings. The van der Waals surface area contributed by atoms with Gasteiger partial charge >= 0.3 is 0 Å². The normalized spacial score (nSPS) is 17.6. The van der Waals surface area contributed by atoms with Crippen LogP contribution in [0.1, 0.15) is 18.4 Å². The molecule has 0 radical (unpaired) electrons. The smallest absolute Gasteiger partial charge is 0.172 e. The van der Waals surface area contributed by atoms with Crippen molar-refractivity contribution in [2.45, 2.75) is 27.9 Å². The van der Waals surface area contributed by atoms with E-state index in [1.165, 1.54) is 0 Å². The number of oxime groups is 1. The molecular weight excluding hydrogens is 280 g/mol. The van der Waals surface area contributed by atoms with E-state index in [2.05, 4.69) is 5.16 Å². The molecule has 0 unspecified atom stereocenters. The third-order valence-corrected chi connectivity index (χ3v) is 5.21. The molecule has 0 saturated carbocycles. The Morgan fingerprint density at radius 1 is 1.37 bits per heavy atom. The highest BCUT2D eigenvalue weighted by molar-refractivity contribution is 8.00. The summed E-state index contributed by atoms with van der Waals surface area (Å²) in [6, 6.07) is 6.04. The third-order valence-electron chi connectivity index (χ3n) is 3.03. The molecule has 2 rings (SSSR count). The van der Waals surface area contributed by atoms with E-state index in [9.17, 15) is 0 Å². The monoisotopic (exact) mass is 298 g/mol. The number of hydrogen-bond acceptors (Lipinski definition) is 5. The fourth-order valence-electron chi connectivity index (χ4n) is 2.06. The van der Waals surface area contributed by atoms with Crippen molar-refractivity contribution in [2.24, 2.45) is 10.9 Å². The molecule has 1 saturated heterocycles. The molecule has 3 N–H and O–H groups in total. The van der Waals surface area contributed by atoms with E-state index in [1.807, 2.05) is 24.5 Å². The van der Waals surface area contributed by atoms with Crippen LogP contribution in [-0.4, -0.2) is 35.8 Å². The van der Waals surface area contributed by atoms with Crippen molar-refractivity contribution < 1.29 is 9.94 Å². The number of ether oxygens (including phenoxy) is 1. The molecule has 19 heavy (non-hydrogen) atoms. The van der Waals surface area contributed by atoms with Gasteiger partial charge in [-0.05, 0) is 31.2 Å². The van der Waals surface area contributed by atoms with E-state index in [0.717, 1.165) is 41.4 Å². The molecule has 0 atom stereocenters. The van der Waals surface area contributed by atoms with Crippen molar-refractivity contribution >= 4 is 29.4 Å². The molecule has 0 bridgehead atoms. The molecule has 1 heterocycles. The Morgan fingerprint density at radius 3 is 2.68 bits per heavy atom. The Balaban J connectivity index is 2.27. The number of hydrogen-bond donors (Lipinski definition) is 2. The Kier molecular flexibility index (Phi) is 5.42. The zero-order chi connectivity index (χ0) is 13.7. The average Bonchev–Trinajstić information content (AvgIpc) is 2.47. The maximum atomic E-state index is 8.96. The molecule has 1 aromatic carbocycles. The molecule has 1 aromatic rings. The zero-order valence-corrected chi connectivity index (χ0v) is 12.5. The second-order valence-electron chi connectivity index (χ2n) is 4.25. The molecule has 0 spiro atoms. The van der Waals surface area contributed by atoms with Crippen molar-refractivity contribution in [2.75, 3.05) is 19.5 Å². The summed E-state index contributed by atoms with van der Waals surface area (Å²) in [5.41, 5.74) is 6.67. The van der Waals surface area contributed by atoms with E-state index in [0.29, 0.717) is 5.25 Å². The fourth-order valence-corrected chi connectivity index (χ4v) is 4.03. The minimum absolute atomic E-state index is 0.180. The first-order chi connectivity index (χ1) is 9.26. The lowest BCUT2D eigenvalue weighted by Crippen LogP contribution is -2.19. The number of benzene rings is 1. The molecule has 1 aliphatic rings. The summed E-state index contributed by atoms with van der Waals surface area (Å²) >= 11 is 3.40. The highest BCUT2D eigenvalue weighted by atomic mass is 32.2. The highest BCUT2D eigenvalue weighted by Crippen LogP contribution is 2.35. The third kappa shape index (κ3) is 3.58. The number of rotatable bonds is 4. The van der Waals surface area contributed by atoms with Gasteiger partial charge in [-0.1, -0.05) is 11.2 Å². The van der Waals surface area contributed by atoms with Crippen molar-refractivity contribution in [1.82, 2.24) is 0 Å². The molecule has 1 aliphatic heterocycles. The van der Waals surface area contributed by atoms with Gasteiger partial charge in [-0.3, -0.25) is 0 Å². The molecule has 0 aliphatic carbocycles. The van der Waals surface area contributed by atoms with E-state index in [4.69, 9.17) is 15.7 Å². The van der Waals surface area contributed by atoms with E-state index >= 15 is 0 Å². The number of nitrogens with zero attached hydrogens (tertiary/aromatic N) is 1. The lowest BCUT2D eigenvalue weighted by molar-refractivity contribution is 0.100. The van der Waals surface area contributed by atoms with Gasteiger partial charge in [0.2, 0.25) is 0 Å². The van der Waals surface area contributed by atoms with Crippen LogP contribution in [0, 0.1) is 0 Å². The summed E-state index contributed by atoms with van der Waals surface area (Å²) in [6.07, 6.45) is 4.08. The first-order valence-corrected chi connectivity index (χ1v) is 8.26. The SMILES string of the molecule is CSc1cccc(SC2CCOCC2)c1/C(N)=N/O. The van der Waals surface area contributed by atoms with E-state index in [1.54, 1.807) is 23.5 Å². The van der Waals surface area contributed by atoms with Gasteiger partial charge in [-0.25, -0.2) is 0 Å². The topological polar surface area (TPSA) is 67.8 Å². The maximum absolute atomic E-state index is 8.96.